The average Bonchev–Trinajstić information content (AvgIpc) is 2.25. The lowest BCUT2D eigenvalue weighted by atomic mass is 10.2. The van der Waals surface area contributed by atoms with Gasteiger partial charge in [-0.15, -0.1) is 0 Å². The highest BCUT2D eigenvalue weighted by molar-refractivity contribution is 9.10. The Morgan fingerprint density at radius 3 is 2.81 bits per heavy atom. The molecule has 82 valence electrons. The van der Waals surface area contributed by atoms with Crippen LogP contribution in [-0.4, -0.2) is 4.98 Å². The number of hydrogen-bond donors (Lipinski definition) is 0. The van der Waals surface area contributed by atoms with Gasteiger partial charge in [-0.2, -0.15) is 0 Å². The zero-order valence-corrected chi connectivity index (χ0v) is 10.9. The third kappa shape index (κ3) is 2.54. The molecule has 0 amide bonds. The van der Waals surface area contributed by atoms with E-state index in [9.17, 15) is 0 Å². The van der Waals surface area contributed by atoms with Gasteiger partial charge in [0.25, 0.3) is 0 Å². The van der Waals surface area contributed by atoms with Gasteiger partial charge in [0, 0.05) is 10.7 Å². The molecule has 2 aromatic rings. The first-order valence-electron chi connectivity index (χ1n) is 4.71. The van der Waals surface area contributed by atoms with Gasteiger partial charge in [0.2, 0.25) is 5.88 Å². The summed E-state index contributed by atoms with van der Waals surface area (Å²) in [6.45, 7) is 1.97. The van der Waals surface area contributed by atoms with Crippen LogP contribution >= 0.6 is 27.5 Å². The Bertz CT molecular complexity index is 516. The summed E-state index contributed by atoms with van der Waals surface area (Å²) in [6.07, 6.45) is 1.65. The van der Waals surface area contributed by atoms with Gasteiger partial charge in [0.15, 0.2) is 0 Å². The third-order valence-electron chi connectivity index (χ3n) is 2.07. The van der Waals surface area contributed by atoms with Crippen molar-refractivity contribution in [3.05, 3.63) is 51.6 Å². The molecule has 0 aliphatic heterocycles. The van der Waals surface area contributed by atoms with E-state index in [4.69, 9.17) is 16.3 Å². The van der Waals surface area contributed by atoms with Gasteiger partial charge >= 0.3 is 0 Å². The summed E-state index contributed by atoms with van der Waals surface area (Å²) in [5.41, 5.74) is 1.02. The summed E-state index contributed by atoms with van der Waals surface area (Å²) >= 11 is 9.36. The van der Waals surface area contributed by atoms with Gasteiger partial charge < -0.3 is 4.74 Å². The maximum Gasteiger partial charge on any atom is 0.238 e. The molecule has 1 heterocycles. The Morgan fingerprint density at radius 1 is 1.31 bits per heavy atom. The number of hydrogen-bond acceptors (Lipinski definition) is 2. The quantitative estimate of drug-likeness (QED) is 0.808. The van der Waals surface area contributed by atoms with E-state index in [-0.39, 0.29) is 0 Å². The van der Waals surface area contributed by atoms with Crippen LogP contribution < -0.4 is 4.74 Å². The summed E-state index contributed by atoms with van der Waals surface area (Å²) in [6, 6.07) is 9.29. The van der Waals surface area contributed by atoms with E-state index in [1.54, 1.807) is 18.3 Å². The molecule has 1 aromatic carbocycles. The fraction of sp³-hybridized carbons (Fsp3) is 0.0833. The molecule has 0 fully saturated rings. The minimum absolute atomic E-state index is 0.426. The Kier molecular flexibility index (Phi) is 3.46. The summed E-state index contributed by atoms with van der Waals surface area (Å²) in [4.78, 5) is 4.07. The number of aryl methyl sites for hydroxylation is 1. The zero-order chi connectivity index (χ0) is 11.5. The lowest BCUT2D eigenvalue weighted by Crippen LogP contribution is -1.90. The number of aromatic nitrogens is 1. The number of benzene rings is 1. The molecular weight excluding hydrogens is 289 g/mol. The SMILES string of the molecule is Cc1cc(Br)ccc1Oc1ncccc1Cl. The average molecular weight is 299 g/mol. The first-order valence-corrected chi connectivity index (χ1v) is 5.88. The molecule has 2 nitrogen and oxygen atoms in total. The van der Waals surface area contributed by atoms with Crippen molar-refractivity contribution in [3.8, 4) is 11.6 Å². The molecule has 16 heavy (non-hydrogen) atoms. The Morgan fingerprint density at radius 2 is 2.12 bits per heavy atom. The van der Waals surface area contributed by atoms with Crippen LogP contribution in [0.5, 0.6) is 11.6 Å². The van der Waals surface area contributed by atoms with E-state index in [0.717, 1.165) is 15.8 Å². The standard InChI is InChI=1S/C12H9BrClNO/c1-8-7-9(13)4-5-11(8)16-12-10(14)3-2-6-15-12/h2-7H,1H3. The molecule has 0 N–H and O–H groups in total. The van der Waals surface area contributed by atoms with Crippen molar-refractivity contribution < 1.29 is 4.74 Å². The normalized spacial score (nSPS) is 10.2. The first kappa shape index (κ1) is 11.4. The molecule has 0 atom stereocenters. The largest absolute Gasteiger partial charge is 0.437 e. The Labute approximate surface area is 107 Å². The van der Waals surface area contributed by atoms with Crippen molar-refractivity contribution in [1.29, 1.82) is 0 Å². The fourth-order valence-electron chi connectivity index (χ4n) is 1.28. The molecule has 1 aromatic heterocycles. The van der Waals surface area contributed by atoms with E-state index < -0.39 is 0 Å². The topological polar surface area (TPSA) is 22.1 Å². The highest BCUT2D eigenvalue weighted by Crippen LogP contribution is 2.29. The molecule has 0 saturated carbocycles. The number of ether oxygens (including phenoxy) is 1. The second kappa shape index (κ2) is 4.85. The third-order valence-corrected chi connectivity index (χ3v) is 2.85. The molecule has 0 saturated heterocycles. The highest BCUT2D eigenvalue weighted by atomic mass is 79.9. The Hall–Kier alpha value is -1.06. The highest BCUT2D eigenvalue weighted by Gasteiger charge is 2.06. The van der Waals surface area contributed by atoms with Crippen LogP contribution in [0.25, 0.3) is 0 Å². The molecule has 0 spiro atoms. The number of pyridine rings is 1. The minimum Gasteiger partial charge on any atom is -0.437 e. The van der Waals surface area contributed by atoms with Crippen molar-refractivity contribution >= 4 is 27.5 Å². The van der Waals surface area contributed by atoms with Gasteiger partial charge in [0.1, 0.15) is 10.8 Å². The zero-order valence-electron chi connectivity index (χ0n) is 8.58. The fourth-order valence-corrected chi connectivity index (χ4v) is 1.91. The first-order chi connectivity index (χ1) is 7.66. The van der Waals surface area contributed by atoms with Crippen molar-refractivity contribution in [1.82, 2.24) is 4.98 Å². The molecule has 0 unspecified atom stereocenters. The van der Waals surface area contributed by atoms with Gasteiger partial charge in [-0.1, -0.05) is 27.5 Å². The number of rotatable bonds is 2. The number of halogens is 2. The van der Waals surface area contributed by atoms with E-state index >= 15 is 0 Å². The number of nitrogens with zero attached hydrogens (tertiary/aromatic N) is 1. The molecule has 0 aliphatic rings. The summed E-state index contributed by atoms with van der Waals surface area (Å²) in [5.74, 6) is 1.18. The maximum absolute atomic E-state index is 5.96. The van der Waals surface area contributed by atoms with Crippen LogP contribution in [0.2, 0.25) is 5.02 Å². The van der Waals surface area contributed by atoms with Crippen LogP contribution in [0.4, 0.5) is 0 Å². The molecule has 2 rings (SSSR count). The second-order valence-electron chi connectivity index (χ2n) is 3.30. The maximum atomic E-state index is 5.96. The predicted molar refractivity (Wildman–Crippen MR) is 68.2 cm³/mol. The molecular formula is C12H9BrClNO. The molecule has 0 radical (unpaired) electrons. The van der Waals surface area contributed by atoms with Crippen molar-refractivity contribution in [2.45, 2.75) is 6.92 Å². The smallest absolute Gasteiger partial charge is 0.238 e. The van der Waals surface area contributed by atoms with Gasteiger partial charge in [0.05, 0.1) is 0 Å². The lowest BCUT2D eigenvalue weighted by molar-refractivity contribution is 0.459. The van der Waals surface area contributed by atoms with Gasteiger partial charge in [-0.3, -0.25) is 0 Å². The van der Waals surface area contributed by atoms with Crippen LogP contribution in [0.3, 0.4) is 0 Å². The van der Waals surface area contributed by atoms with Gasteiger partial charge in [-0.05, 0) is 42.8 Å². The predicted octanol–water partition coefficient (Wildman–Crippen LogP) is 4.60. The molecule has 0 bridgehead atoms. The van der Waals surface area contributed by atoms with Crippen molar-refractivity contribution in [3.63, 3.8) is 0 Å². The van der Waals surface area contributed by atoms with E-state index in [1.807, 2.05) is 25.1 Å². The van der Waals surface area contributed by atoms with Gasteiger partial charge in [-0.25, -0.2) is 4.98 Å². The van der Waals surface area contributed by atoms with Crippen LogP contribution in [0.1, 0.15) is 5.56 Å². The van der Waals surface area contributed by atoms with Crippen LogP contribution in [-0.2, 0) is 0 Å². The van der Waals surface area contributed by atoms with E-state index in [1.165, 1.54) is 0 Å². The molecule has 0 aliphatic carbocycles. The summed E-state index contributed by atoms with van der Waals surface area (Å²) < 4.78 is 6.65. The lowest BCUT2D eigenvalue weighted by Gasteiger charge is -2.08. The summed E-state index contributed by atoms with van der Waals surface area (Å²) in [7, 11) is 0. The Balaban J connectivity index is 2.31. The van der Waals surface area contributed by atoms with Crippen LogP contribution in [0, 0.1) is 6.92 Å². The second-order valence-corrected chi connectivity index (χ2v) is 4.63. The van der Waals surface area contributed by atoms with Crippen molar-refractivity contribution in [2.75, 3.05) is 0 Å². The molecule has 4 heteroatoms. The summed E-state index contributed by atoms with van der Waals surface area (Å²) in [5, 5.41) is 0.504. The van der Waals surface area contributed by atoms with E-state index in [2.05, 4.69) is 20.9 Å². The minimum atomic E-state index is 0.426. The van der Waals surface area contributed by atoms with Crippen molar-refractivity contribution in [2.24, 2.45) is 0 Å². The monoisotopic (exact) mass is 297 g/mol. The van der Waals surface area contributed by atoms with E-state index in [0.29, 0.717) is 10.9 Å². The van der Waals surface area contributed by atoms with Crippen LogP contribution in [0.15, 0.2) is 41.0 Å².